The Kier molecular flexibility index (Phi) is 8.11. The van der Waals surface area contributed by atoms with Crippen LogP contribution in [0, 0.1) is 0 Å². The number of carbonyl (C=O) groups excluding carboxylic acids is 1. The van der Waals surface area contributed by atoms with Crippen LogP contribution in [-0.4, -0.2) is 52.4 Å². The van der Waals surface area contributed by atoms with E-state index in [0.717, 1.165) is 16.9 Å². The summed E-state index contributed by atoms with van der Waals surface area (Å²) in [5.41, 5.74) is 3.86. The molecular weight excluding hydrogens is 470 g/mol. The van der Waals surface area contributed by atoms with Crippen LogP contribution in [0.5, 0.6) is 28.7 Å². The number of benzene rings is 3. The fourth-order valence-corrected chi connectivity index (χ4v) is 4.71. The third kappa shape index (κ3) is 5.45. The first-order valence-electron chi connectivity index (χ1n) is 12.4. The van der Waals surface area contributed by atoms with E-state index < -0.39 is 0 Å². The molecule has 4 rings (SSSR count). The van der Waals surface area contributed by atoms with E-state index >= 15 is 0 Å². The lowest BCUT2D eigenvalue weighted by Crippen LogP contribution is -2.42. The zero-order valence-electron chi connectivity index (χ0n) is 22.4. The number of methoxy groups -OCH3 is 4. The molecule has 7 heteroatoms. The van der Waals surface area contributed by atoms with E-state index in [4.69, 9.17) is 23.7 Å². The highest BCUT2D eigenvalue weighted by atomic mass is 16.5. The lowest BCUT2D eigenvalue weighted by Gasteiger charge is -2.37. The van der Waals surface area contributed by atoms with Crippen molar-refractivity contribution in [3.05, 3.63) is 76.9 Å². The number of rotatable bonds is 9. The van der Waals surface area contributed by atoms with Gasteiger partial charge in [-0.15, -0.1) is 0 Å². The van der Waals surface area contributed by atoms with E-state index in [9.17, 15) is 4.79 Å². The van der Waals surface area contributed by atoms with Crippen LogP contribution < -0.4 is 23.7 Å². The van der Waals surface area contributed by atoms with Gasteiger partial charge in [0.25, 0.3) is 5.91 Å². The van der Waals surface area contributed by atoms with Crippen molar-refractivity contribution in [2.45, 2.75) is 32.2 Å². The minimum atomic E-state index is -0.325. The van der Waals surface area contributed by atoms with Crippen molar-refractivity contribution in [2.75, 3.05) is 41.6 Å². The van der Waals surface area contributed by atoms with Crippen LogP contribution in [0.4, 0.5) is 0 Å². The summed E-state index contributed by atoms with van der Waals surface area (Å²) in [4.78, 5) is 15.7. The molecule has 7 nitrogen and oxygen atoms in total. The minimum Gasteiger partial charge on any atom is -0.493 e. The van der Waals surface area contributed by atoms with Crippen molar-refractivity contribution in [2.24, 2.45) is 0 Å². The van der Waals surface area contributed by atoms with E-state index in [2.05, 4.69) is 26.0 Å². The maximum absolute atomic E-state index is 13.8. The molecule has 3 aromatic rings. The average Bonchev–Trinajstić information content (AvgIpc) is 2.94. The van der Waals surface area contributed by atoms with Gasteiger partial charge >= 0.3 is 0 Å². The first-order valence-corrected chi connectivity index (χ1v) is 12.4. The molecule has 0 aromatic heterocycles. The number of carbonyl (C=O) groups is 1. The predicted octanol–water partition coefficient (Wildman–Crippen LogP) is 5.66. The Morgan fingerprint density at radius 3 is 2.08 bits per heavy atom. The Hall–Kier alpha value is -3.87. The second-order valence-electron chi connectivity index (χ2n) is 9.27. The number of amides is 1. The minimum absolute atomic E-state index is 0.106. The number of nitrogens with zero attached hydrogens (tertiary/aromatic N) is 1. The fraction of sp³-hybridized carbons (Fsp3) is 0.367. The third-order valence-electron chi connectivity index (χ3n) is 6.85. The molecule has 1 aliphatic rings. The molecule has 0 fully saturated rings. The molecule has 1 aliphatic heterocycles. The standard InChI is InChI=1S/C30H35NO6/c1-19(2)20-7-10-23(11-8-20)37-18-25-24-17-29(36-6)28(35-5)15-21(24)13-14-31(25)30(32)22-9-12-26(33-3)27(16-22)34-4/h7-12,15-17,19,25H,13-14,18H2,1-6H3/t25-/m0/s1. The SMILES string of the molecule is COc1ccc(C(=O)N2CCc3cc(OC)c(OC)cc3[C@@H]2COc2ccc(C(C)C)cc2)cc1OC. The molecule has 0 saturated heterocycles. The van der Waals surface area contributed by atoms with Crippen LogP contribution in [0.3, 0.4) is 0 Å². The molecule has 196 valence electrons. The summed E-state index contributed by atoms with van der Waals surface area (Å²) in [5.74, 6) is 3.47. The second-order valence-corrected chi connectivity index (χ2v) is 9.27. The van der Waals surface area contributed by atoms with Crippen LogP contribution in [0.1, 0.15) is 52.9 Å². The van der Waals surface area contributed by atoms with E-state index in [1.165, 1.54) is 5.56 Å². The third-order valence-corrected chi connectivity index (χ3v) is 6.85. The molecule has 37 heavy (non-hydrogen) atoms. The van der Waals surface area contributed by atoms with Crippen LogP contribution in [0.2, 0.25) is 0 Å². The molecule has 1 heterocycles. The van der Waals surface area contributed by atoms with Gasteiger partial charge in [0.2, 0.25) is 0 Å². The molecule has 0 unspecified atom stereocenters. The highest BCUT2D eigenvalue weighted by Gasteiger charge is 2.33. The van der Waals surface area contributed by atoms with Gasteiger partial charge in [-0.25, -0.2) is 0 Å². The molecule has 0 aliphatic carbocycles. The van der Waals surface area contributed by atoms with Gasteiger partial charge in [0.05, 0.1) is 34.5 Å². The molecule has 0 bridgehead atoms. The van der Waals surface area contributed by atoms with Gasteiger partial charge in [0.15, 0.2) is 23.0 Å². The highest BCUT2D eigenvalue weighted by molar-refractivity contribution is 5.95. The van der Waals surface area contributed by atoms with Crippen LogP contribution in [0.15, 0.2) is 54.6 Å². The second kappa shape index (κ2) is 11.5. The van der Waals surface area contributed by atoms with Crippen molar-refractivity contribution in [3.63, 3.8) is 0 Å². The Labute approximate surface area is 218 Å². The summed E-state index contributed by atoms with van der Waals surface area (Å²) in [6.07, 6.45) is 0.689. The van der Waals surface area contributed by atoms with Crippen LogP contribution >= 0.6 is 0 Å². The van der Waals surface area contributed by atoms with E-state index in [-0.39, 0.29) is 11.9 Å². The molecule has 0 radical (unpaired) electrons. The van der Waals surface area contributed by atoms with Gasteiger partial charge in [0.1, 0.15) is 12.4 Å². The maximum atomic E-state index is 13.8. The zero-order chi connectivity index (χ0) is 26.5. The van der Waals surface area contributed by atoms with Gasteiger partial charge in [-0.3, -0.25) is 4.79 Å². The van der Waals surface area contributed by atoms with Gasteiger partial charge in [0, 0.05) is 12.1 Å². The summed E-state index contributed by atoms with van der Waals surface area (Å²) < 4.78 is 28.1. The van der Waals surface area contributed by atoms with Gasteiger partial charge in [-0.1, -0.05) is 26.0 Å². The maximum Gasteiger partial charge on any atom is 0.254 e. The Morgan fingerprint density at radius 1 is 0.838 bits per heavy atom. The summed E-state index contributed by atoms with van der Waals surface area (Å²) in [7, 11) is 6.37. The normalized spacial score (nSPS) is 14.7. The molecule has 0 spiro atoms. The molecule has 1 atom stereocenters. The average molecular weight is 506 g/mol. The number of ether oxygens (including phenoxy) is 5. The smallest absolute Gasteiger partial charge is 0.254 e. The van der Waals surface area contributed by atoms with E-state index in [1.807, 2.05) is 29.2 Å². The summed E-state index contributed by atoms with van der Waals surface area (Å²) >= 11 is 0. The van der Waals surface area contributed by atoms with E-state index in [1.54, 1.807) is 46.6 Å². The lowest BCUT2D eigenvalue weighted by atomic mass is 9.91. The zero-order valence-corrected chi connectivity index (χ0v) is 22.4. The van der Waals surface area contributed by atoms with Gasteiger partial charge < -0.3 is 28.6 Å². The lowest BCUT2D eigenvalue weighted by molar-refractivity contribution is 0.0589. The van der Waals surface area contributed by atoms with Crippen LogP contribution in [-0.2, 0) is 6.42 Å². The predicted molar refractivity (Wildman–Crippen MR) is 143 cm³/mol. The van der Waals surface area contributed by atoms with E-state index in [0.29, 0.717) is 54.1 Å². The molecule has 0 N–H and O–H groups in total. The summed E-state index contributed by atoms with van der Waals surface area (Å²) in [6, 6.07) is 17.0. The Balaban J connectivity index is 1.69. The van der Waals surface area contributed by atoms with Gasteiger partial charge in [-0.2, -0.15) is 0 Å². The first-order chi connectivity index (χ1) is 17.9. The van der Waals surface area contributed by atoms with Crippen molar-refractivity contribution in [3.8, 4) is 28.7 Å². The van der Waals surface area contributed by atoms with Crippen molar-refractivity contribution in [1.82, 2.24) is 4.90 Å². The van der Waals surface area contributed by atoms with Crippen LogP contribution in [0.25, 0.3) is 0 Å². The van der Waals surface area contributed by atoms with Gasteiger partial charge in [-0.05, 0) is 71.5 Å². The topological polar surface area (TPSA) is 66.5 Å². The van der Waals surface area contributed by atoms with Crippen molar-refractivity contribution in [1.29, 1.82) is 0 Å². The molecular formula is C30H35NO6. The fourth-order valence-electron chi connectivity index (χ4n) is 4.71. The molecule has 1 amide bonds. The Bertz CT molecular complexity index is 1240. The quantitative estimate of drug-likeness (QED) is 0.374. The number of hydrogen-bond acceptors (Lipinski definition) is 6. The largest absolute Gasteiger partial charge is 0.493 e. The number of fused-ring (bicyclic) bond motifs is 1. The number of hydrogen-bond donors (Lipinski definition) is 0. The molecule has 0 saturated carbocycles. The first kappa shape index (κ1) is 26.2. The summed E-state index contributed by atoms with van der Waals surface area (Å²) in [5, 5.41) is 0. The summed E-state index contributed by atoms with van der Waals surface area (Å²) in [6.45, 7) is 5.15. The van der Waals surface area contributed by atoms with Crippen molar-refractivity contribution < 1.29 is 28.5 Å². The van der Waals surface area contributed by atoms with Crippen molar-refractivity contribution >= 4 is 5.91 Å². The Morgan fingerprint density at radius 2 is 1.46 bits per heavy atom. The highest BCUT2D eigenvalue weighted by Crippen LogP contribution is 2.39. The molecule has 3 aromatic carbocycles. The monoisotopic (exact) mass is 505 g/mol.